The Morgan fingerprint density at radius 3 is 2.36 bits per heavy atom. The third kappa shape index (κ3) is 5.37. The van der Waals surface area contributed by atoms with Crippen LogP contribution in [0.3, 0.4) is 0 Å². The number of likely N-dealkylation sites (N-methyl/N-ethyl adjacent to an activating group) is 1. The van der Waals surface area contributed by atoms with Gasteiger partial charge in [0.15, 0.2) is 6.61 Å². The molecule has 0 N–H and O–H groups in total. The molecule has 2 aromatic carbocycles. The zero-order valence-corrected chi connectivity index (χ0v) is 16.6. The van der Waals surface area contributed by atoms with E-state index in [1.807, 2.05) is 0 Å². The maximum atomic E-state index is 13.2. The molecule has 0 aliphatic rings. The molecule has 0 unspecified atom stereocenters. The number of hydrogen-bond donors (Lipinski definition) is 0. The molecular weight excluding hydrogens is 387 g/mol. The fourth-order valence-electron chi connectivity index (χ4n) is 2.31. The first-order valence-electron chi connectivity index (χ1n) is 8.29. The van der Waals surface area contributed by atoms with Crippen molar-refractivity contribution < 1.29 is 27.1 Å². The monoisotopic (exact) mass is 408 g/mol. The Hall–Kier alpha value is -2.78. The largest absolute Gasteiger partial charge is 0.452 e. The highest BCUT2D eigenvalue weighted by Gasteiger charge is 2.20. The van der Waals surface area contributed by atoms with E-state index in [0.29, 0.717) is 5.56 Å². The Morgan fingerprint density at radius 1 is 1.04 bits per heavy atom. The van der Waals surface area contributed by atoms with Crippen molar-refractivity contribution in [2.24, 2.45) is 0 Å². The molecule has 2 aromatic rings. The lowest BCUT2D eigenvalue weighted by molar-refractivity contribution is -0.133. The standard InChI is InChI=1S/C19H21FN2O5S/c1-21(2)28(25,26)17-9-5-7-15(11-17)19(24)27-13-18(23)22(3)12-14-6-4-8-16(20)10-14/h4-11H,12-13H2,1-3H3. The molecule has 0 heterocycles. The Labute approximate surface area is 163 Å². The van der Waals surface area contributed by atoms with E-state index in [1.54, 1.807) is 6.07 Å². The smallest absolute Gasteiger partial charge is 0.338 e. The van der Waals surface area contributed by atoms with Crippen LogP contribution in [-0.2, 0) is 26.1 Å². The van der Waals surface area contributed by atoms with Crippen LogP contribution in [-0.4, -0.2) is 57.2 Å². The average molecular weight is 408 g/mol. The second-order valence-corrected chi connectivity index (χ2v) is 8.42. The molecule has 1 amide bonds. The highest BCUT2D eigenvalue weighted by atomic mass is 32.2. The third-order valence-corrected chi connectivity index (χ3v) is 5.72. The van der Waals surface area contributed by atoms with Gasteiger partial charge in [0.25, 0.3) is 5.91 Å². The molecule has 0 aliphatic heterocycles. The van der Waals surface area contributed by atoms with Crippen molar-refractivity contribution in [2.75, 3.05) is 27.7 Å². The predicted octanol–water partition coefficient (Wildman–Crippen LogP) is 1.89. The molecule has 0 radical (unpaired) electrons. The van der Waals surface area contributed by atoms with Crippen LogP contribution in [0.2, 0.25) is 0 Å². The van der Waals surface area contributed by atoms with Gasteiger partial charge in [-0.05, 0) is 35.9 Å². The molecule has 0 aliphatic carbocycles. The quantitative estimate of drug-likeness (QED) is 0.654. The Kier molecular flexibility index (Phi) is 6.87. The van der Waals surface area contributed by atoms with Crippen molar-refractivity contribution in [3.05, 3.63) is 65.5 Å². The molecule has 0 spiro atoms. The summed E-state index contributed by atoms with van der Waals surface area (Å²) < 4.78 is 43.5. The summed E-state index contributed by atoms with van der Waals surface area (Å²) in [5.74, 6) is -1.70. The van der Waals surface area contributed by atoms with Crippen molar-refractivity contribution in [3.63, 3.8) is 0 Å². The van der Waals surface area contributed by atoms with Gasteiger partial charge in [0.2, 0.25) is 10.0 Å². The highest BCUT2D eigenvalue weighted by molar-refractivity contribution is 7.89. The number of halogens is 1. The van der Waals surface area contributed by atoms with Gasteiger partial charge in [-0.1, -0.05) is 18.2 Å². The SMILES string of the molecule is CN(Cc1cccc(F)c1)C(=O)COC(=O)c1cccc(S(=O)(=O)N(C)C)c1. The van der Waals surface area contributed by atoms with Gasteiger partial charge in [-0.2, -0.15) is 0 Å². The van der Waals surface area contributed by atoms with E-state index in [2.05, 4.69) is 0 Å². The summed E-state index contributed by atoms with van der Waals surface area (Å²) in [6.45, 7) is -0.361. The molecule has 0 aromatic heterocycles. The predicted molar refractivity (Wildman–Crippen MR) is 100 cm³/mol. The number of amides is 1. The van der Waals surface area contributed by atoms with Crippen LogP contribution in [0.1, 0.15) is 15.9 Å². The molecule has 2 rings (SSSR count). The van der Waals surface area contributed by atoms with Crippen LogP contribution in [0.4, 0.5) is 4.39 Å². The van der Waals surface area contributed by atoms with E-state index in [9.17, 15) is 22.4 Å². The minimum Gasteiger partial charge on any atom is -0.452 e. The summed E-state index contributed by atoms with van der Waals surface area (Å²) in [6, 6.07) is 11.2. The lowest BCUT2D eigenvalue weighted by atomic mass is 10.2. The second kappa shape index (κ2) is 8.94. The fraction of sp³-hybridized carbons (Fsp3) is 0.263. The van der Waals surface area contributed by atoms with E-state index in [0.717, 1.165) is 4.31 Å². The average Bonchev–Trinajstić information content (AvgIpc) is 2.65. The zero-order chi connectivity index (χ0) is 20.9. The summed E-state index contributed by atoms with van der Waals surface area (Å²) in [5.41, 5.74) is 0.618. The van der Waals surface area contributed by atoms with Gasteiger partial charge in [-0.15, -0.1) is 0 Å². The van der Waals surface area contributed by atoms with Gasteiger partial charge < -0.3 is 9.64 Å². The molecule has 0 saturated heterocycles. The van der Waals surface area contributed by atoms with Crippen LogP contribution >= 0.6 is 0 Å². The van der Waals surface area contributed by atoms with Crippen molar-refractivity contribution in [3.8, 4) is 0 Å². The summed E-state index contributed by atoms with van der Waals surface area (Å²) in [6.07, 6.45) is 0. The molecular formula is C19H21FN2O5S. The Morgan fingerprint density at radius 2 is 1.71 bits per heavy atom. The number of hydrogen-bond acceptors (Lipinski definition) is 5. The first-order chi connectivity index (χ1) is 13.1. The van der Waals surface area contributed by atoms with Crippen LogP contribution in [0.15, 0.2) is 53.4 Å². The Bertz CT molecular complexity index is 976. The van der Waals surface area contributed by atoms with Crippen molar-refractivity contribution >= 4 is 21.9 Å². The van der Waals surface area contributed by atoms with E-state index in [-0.39, 0.29) is 17.0 Å². The normalized spacial score (nSPS) is 11.3. The lowest BCUT2D eigenvalue weighted by Crippen LogP contribution is -2.30. The van der Waals surface area contributed by atoms with Crippen LogP contribution < -0.4 is 0 Å². The van der Waals surface area contributed by atoms with Gasteiger partial charge in [0.05, 0.1) is 10.5 Å². The van der Waals surface area contributed by atoms with Crippen LogP contribution in [0.25, 0.3) is 0 Å². The third-order valence-electron chi connectivity index (χ3n) is 3.91. The number of sulfonamides is 1. The van der Waals surface area contributed by atoms with Gasteiger partial charge in [-0.3, -0.25) is 4.79 Å². The van der Waals surface area contributed by atoms with Crippen LogP contribution in [0.5, 0.6) is 0 Å². The van der Waals surface area contributed by atoms with Crippen LogP contribution in [0, 0.1) is 5.82 Å². The summed E-state index contributed by atoms with van der Waals surface area (Å²) in [7, 11) is 0.574. The highest BCUT2D eigenvalue weighted by Crippen LogP contribution is 2.15. The van der Waals surface area contributed by atoms with Crippen molar-refractivity contribution in [1.82, 2.24) is 9.21 Å². The molecule has 28 heavy (non-hydrogen) atoms. The lowest BCUT2D eigenvalue weighted by Gasteiger charge is -2.17. The second-order valence-electron chi connectivity index (χ2n) is 6.27. The minimum atomic E-state index is -3.70. The van der Waals surface area contributed by atoms with E-state index in [4.69, 9.17) is 4.74 Å². The summed E-state index contributed by atoms with van der Waals surface area (Å²) >= 11 is 0. The van der Waals surface area contributed by atoms with E-state index >= 15 is 0 Å². The topological polar surface area (TPSA) is 84.0 Å². The molecule has 0 atom stereocenters. The molecule has 0 saturated carbocycles. The zero-order valence-electron chi connectivity index (χ0n) is 15.8. The minimum absolute atomic E-state index is 0.0171. The number of rotatable bonds is 7. The number of carbonyl (C=O) groups is 2. The number of ether oxygens (including phenoxy) is 1. The maximum Gasteiger partial charge on any atom is 0.338 e. The molecule has 9 heteroatoms. The number of esters is 1. The van der Waals surface area contributed by atoms with Crippen molar-refractivity contribution in [2.45, 2.75) is 11.4 Å². The van der Waals surface area contributed by atoms with E-state index in [1.165, 1.54) is 68.5 Å². The van der Waals surface area contributed by atoms with E-state index < -0.39 is 34.3 Å². The Balaban J connectivity index is 1.99. The summed E-state index contributed by atoms with van der Waals surface area (Å²) in [5, 5.41) is 0. The van der Waals surface area contributed by atoms with Gasteiger partial charge in [-0.25, -0.2) is 21.9 Å². The van der Waals surface area contributed by atoms with Gasteiger partial charge in [0.1, 0.15) is 5.82 Å². The number of benzene rings is 2. The molecule has 0 bridgehead atoms. The molecule has 0 fully saturated rings. The van der Waals surface area contributed by atoms with Gasteiger partial charge >= 0.3 is 5.97 Å². The first-order valence-corrected chi connectivity index (χ1v) is 9.73. The number of nitrogens with zero attached hydrogens (tertiary/aromatic N) is 2. The van der Waals surface area contributed by atoms with Crippen molar-refractivity contribution in [1.29, 1.82) is 0 Å². The van der Waals surface area contributed by atoms with Gasteiger partial charge in [0, 0.05) is 27.7 Å². The fourth-order valence-corrected chi connectivity index (χ4v) is 3.26. The first kappa shape index (κ1) is 21.5. The molecule has 7 nitrogen and oxygen atoms in total. The number of carbonyl (C=O) groups excluding carboxylic acids is 2. The summed E-state index contributed by atoms with van der Waals surface area (Å²) in [4.78, 5) is 25.6. The maximum absolute atomic E-state index is 13.2. The molecule has 150 valence electrons.